The van der Waals surface area contributed by atoms with E-state index in [1.54, 1.807) is 6.07 Å². The highest BCUT2D eigenvalue weighted by Gasteiger charge is 2.07. The summed E-state index contributed by atoms with van der Waals surface area (Å²) >= 11 is 8.33. The number of hydrazine groups is 1. The number of ether oxygens (including phenoxy) is 1. The van der Waals surface area contributed by atoms with Crippen molar-refractivity contribution in [1.82, 2.24) is 16.2 Å². The van der Waals surface area contributed by atoms with E-state index in [1.165, 1.54) is 36.4 Å². The number of thiocarbonyl (C=S) groups is 1. The minimum atomic E-state index is -0.503. The summed E-state index contributed by atoms with van der Waals surface area (Å²) in [5, 5.41) is 2.29. The van der Waals surface area contributed by atoms with Crippen molar-refractivity contribution in [3.63, 3.8) is 0 Å². The van der Waals surface area contributed by atoms with Gasteiger partial charge in [0.25, 0.3) is 5.91 Å². The van der Waals surface area contributed by atoms with E-state index in [2.05, 4.69) is 32.1 Å². The van der Waals surface area contributed by atoms with Gasteiger partial charge in [-0.3, -0.25) is 25.8 Å². The number of amides is 2. The van der Waals surface area contributed by atoms with Crippen LogP contribution in [0.25, 0.3) is 6.08 Å². The van der Waals surface area contributed by atoms with Gasteiger partial charge in [0, 0.05) is 6.08 Å². The Morgan fingerprint density at radius 3 is 2.55 bits per heavy atom. The molecule has 9 heteroatoms. The van der Waals surface area contributed by atoms with E-state index in [0.717, 1.165) is 16.5 Å². The van der Waals surface area contributed by atoms with Gasteiger partial charge in [0.1, 0.15) is 11.6 Å². The molecule has 0 radical (unpaired) electrons. The topological polar surface area (TPSA) is 79.5 Å². The molecule has 3 N–H and O–H groups in total. The Kier molecular flexibility index (Phi) is 8.75. The zero-order valence-corrected chi connectivity index (χ0v) is 17.9. The summed E-state index contributed by atoms with van der Waals surface area (Å²) in [4.78, 5) is 23.6. The van der Waals surface area contributed by atoms with Crippen LogP contribution in [-0.4, -0.2) is 23.5 Å². The lowest BCUT2D eigenvalue weighted by molar-refractivity contribution is -0.123. The van der Waals surface area contributed by atoms with Crippen molar-refractivity contribution < 1.29 is 18.7 Å². The molecule has 2 aromatic carbocycles. The highest BCUT2D eigenvalue weighted by molar-refractivity contribution is 9.10. The molecule has 152 valence electrons. The predicted octanol–water partition coefficient (Wildman–Crippen LogP) is 3.26. The van der Waals surface area contributed by atoms with Gasteiger partial charge in [-0.15, -0.1) is 0 Å². The van der Waals surface area contributed by atoms with Gasteiger partial charge in [0.05, 0.1) is 4.47 Å². The molecule has 0 spiro atoms. The van der Waals surface area contributed by atoms with E-state index in [9.17, 15) is 14.0 Å². The van der Waals surface area contributed by atoms with Crippen molar-refractivity contribution in [1.29, 1.82) is 0 Å². The van der Waals surface area contributed by atoms with Gasteiger partial charge < -0.3 is 4.74 Å². The van der Waals surface area contributed by atoms with Crippen molar-refractivity contribution in [2.24, 2.45) is 0 Å². The zero-order valence-electron chi connectivity index (χ0n) is 15.5. The third kappa shape index (κ3) is 8.00. The molecule has 2 aromatic rings. The molecule has 0 aliphatic rings. The molecule has 0 fully saturated rings. The molecule has 29 heavy (non-hydrogen) atoms. The standard InChI is InChI=1S/C20H19BrFN3O3S/c1-2-13-5-9-17(16(21)11-13)28-12-19(27)24-25-20(29)23-18(26)10-6-14-3-7-15(22)8-4-14/h3-11H,2,12H2,1H3,(H,24,27)(H2,23,25,26,29). The number of carbonyl (C=O) groups is 2. The number of rotatable bonds is 6. The maximum absolute atomic E-state index is 12.8. The second kappa shape index (κ2) is 11.3. The molecule has 2 amide bonds. The quantitative estimate of drug-likeness (QED) is 0.336. The molecule has 0 aliphatic heterocycles. The van der Waals surface area contributed by atoms with Crippen LogP contribution >= 0.6 is 28.1 Å². The van der Waals surface area contributed by atoms with Crippen LogP contribution in [0, 0.1) is 5.82 Å². The van der Waals surface area contributed by atoms with E-state index in [4.69, 9.17) is 17.0 Å². The number of halogens is 2. The maximum atomic E-state index is 12.8. The molecule has 0 unspecified atom stereocenters. The van der Waals surface area contributed by atoms with Crippen LogP contribution < -0.4 is 20.9 Å². The van der Waals surface area contributed by atoms with E-state index >= 15 is 0 Å². The monoisotopic (exact) mass is 479 g/mol. The number of nitrogens with one attached hydrogen (secondary N) is 3. The smallest absolute Gasteiger partial charge is 0.276 e. The minimum Gasteiger partial charge on any atom is -0.483 e. The lowest BCUT2D eigenvalue weighted by atomic mass is 10.2. The zero-order chi connectivity index (χ0) is 21.2. The summed E-state index contributed by atoms with van der Waals surface area (Å²) in [6, 6.07) is 11.3. The molecule has 0 aromatic heterocycles. The normalized spacial score (nSPS) is 10.4. The van der Waals surface area contributed by atoms with E-state index in [0.29, 0.717) is 11.3 Å². The van der Waals surface area contributed by atoms with Crippen LogP contribution in [-0.2, 0) is 16.0 Å². The molecule has 0 aliphatic carbocycles. The summed E-state index contributed by atoms with van der Waals surface area (Å²) < 4.78 is 19.0. The van der Waals surface area contributed by atoms with Gasteiger partial charge in [-0.05, 0) is 76.0 Å². The fourth-order valence-corrected chi connectivity index (χ4v) is 2.81. The van der Waals surface area contributed by atoms with Gasteiger partial charge in [-0.1, -0.05) is 25.1 Å². The SMILES string of the molecule is CCc1ccc(OCC(=O)NNC(=S)NC(=O)C=Cc2ccc(F)cc2)c(Br)c1. The Morgan fingerprint density at radius 1 is 1.17 bits per heavy atom. The van der Waals surface area contributed by atoms with Crippen molar-refractivity contribution in [3.8, 4) is 5.75 Å². The number of carbonyl (C=O) groups excluding carboxylic acids is 2. The predicted molar refractivity (Wildman–Crippen MR) is 116 cm³/mol. The Balaban J connectivity index is 1.71. The fraction of sp³-hybridized carbons (Fsp3) is 0.150. The fourth-order valence-electron chi connectivity index (χ4n) is 2.12. The summed E-state index contributed by atoms with van der Waals surface area (Å²) in [7, 11) is 0. The molecule has 0 atom stereocenters. The first-order valence-corrected chi connectivity index (χ1v) is 9.82. The Morgan fingerprint density at radius 2 is 1.90 bits per heavy atom. The van der Waals surface area contributed by atoms with Gasteiger partial charge in [-0.2, -0.15) is 0 Å². The second-order valence-corrected chi connectivity index (χ2v) is 7.05. The van der Waals surface area contributed by atoms with Crippen LogP contribution in [0.4, 0.5) is 4.39 Å². The summed E-state index contributed by atoms with van der Waals surface area (Å²) in [6.07, 6.45) is 3.64. The summed E-state index contributed by atoms with van der Waals surface area (Å²) in [5.41, 5.74) is 6.54. The van der Waals surface area contributed by atoms with E-state index < -0.39 is 11.8 Å². The minimum absolute atomic E-state index is 0.0828. The highest BCUT2D eigenvalue weighted by Crippen LogP contribution is 2.26. The second-order valence-electron chi connectivity index (χ2n) is 5.78. The van der Waals surface area contributed by atoms with Crippen LogP contribution in [0.1, 0.15) is 18.1 Å². The summed E-state index contributed by atoms with van der Waals surface area (Å²) in [6.45, 7) is 1.81. The Hall–Kier alpha value is -2.78. The van der Waals surface area contributed by atoms with Crippen molar-refractivity contribution in [3.05, 3.63) is 70.0 Å². The van der Waals surface area contributed by atoms with Crippen molar-refractivity contribution in [2.75, 3.05) is 6.61 Å². The number of benzene rings is 2. The Bertz CT molecular complexity index is 920. The first-order chi connectivity index (χ1) is 13.9. The van der Waals surface area contributed by atoms with Crippen LogP contribution in [0.3, 0.4) is 0 Å². The van der Waals surface area contributed by atoms with Gasteiger partial charge in [0.2, 0.25) is 5.91 Å². The van der Waals surface area contributed by atoms with Gasteiger partial charge in [0.15, 0.2) is 11.7 Å². The molecule has 2 rings (SSSR count). The molecular formula is C20H19BrFN3O3S. The summed E-state index contributed by atoms with van der Waals surface area (Å²) in [5.74, 6) is -0.798. The Labute approximate surface area is 181 Å². The molecule has 0 saturated carbocycles. The maximum Gasteiger partial charge on any atom is 0.276 e. The largest absolute Gasteiger partial charge is 0.483 e. The van der Waals surface area contributed by atoms with Crippen molar-refractivity contribution >= 4 is 51.2 Å². The average Bonchev–Trinajstić information content (AvgIpc) is 2.70. The molecule has 0 heterocycles. The first kappa shape index (κ1) is 22.5. The number of aryl methyl sites for hydroxylation is 1. The van der Waals surface area contributed by atoms with E-state index in [-0.39, 0.29) is 17.5 Å². The van der Waals surface area contributed by atoms with Crippen LogP contribution in [0.5, 0.6) is 5.75 Å². The van der Waals surface area contributed by atoms with Gasteiger partial charge >= 0.3 is 0 Å². The molecule has 6 nitrogen and oxygen atoms in total. The number of hydrogen-bond acceptors (Lipinski definition) is 4. The van der Waals surface area contributed by atoms with Crippen LogP contribution in [0.15, 0.2) is 53.0 Å². The van der Waals surface area contributed by atoms with E-state index in [1.807, 2.05) is 19.1 Å². The molecule has 0 bridgehead atoms. The third-order valence-corrected chi connectivity index (χ3v) is 4.44. The van der Waals surface area contributed by atoms with Crippen LogP contribution in [0.2, 0.25) is 0 Å². The number of hydrogen-bond donors (Lipinski definition) is 3. The third-order valence-electron chi connectivity index (χ3n) is 3.61. The highest BCUT2D eigenvalue weighted by atomic mass is 79.9. The molecular weight excluding hydrogens is 461 g/mol. The van der Waals surface area contributed by atoms with Gasteiger partial charge in [-0.25, -0.2) is 4.39 Å². The lowest BCUT2D eigenvalue weighted by Crippen LogP contribution is -2.49. The molecule has 0 saturated heterocycles. The lowest BCUT2D eigenvalue weighted by Gasteiger charge is -2.11. The first-order valence-electron chi connectivity index (χ1n) is 8.62. The van der Waals surface area contributed by atoms with Crippen molar-refractivity contribution in [2.45, 2.75) is 13.3 Å². The average molecular weight is 480 g/mol.